The standard InChI is InChI=1S/C20H21Cl3O4/c1-3-25-19(11-20(24)26-4-2)15-7-6-14(10-17(15)22)27-12-13-5-8-16(21)18(23)9-13/h5-10,19H,3-4,11-12H2,1-2H3/t19-/m0/s1. The third kappa shape index (κ3) is 6.58. The van der Waals surface area contributed by atoms with E-state index in [0.717, 1.165) is 5.56 Å². The van der Waals surface area contributed by atoms with Crippen molar-refractivity contribution in [2.75, 3.05) is 13.2 Å². The molecule has 0 aliphatic carbocycles. The van der Waals surface area contributed by atoms with E-state index in [-0.39, 0.29) is 12.4 Å². The molecule has 0 aromatic heterocycles. The quantitative estimate of drug-likeness (QED) is 0.440. The van der Waals surface area contributed by atoms with Gasteiger partial charge in [0.15, 0.2) is 0 Å². The topological polar surface area (TPSA) is 44.8 Å². The largest absolute Gasteiger partial charge is 0.489 e. The van der Waals surface area contributed by atoms with Crippen LogP contribution in [0.3, 0.4) is 0 Å². The minimum Gasteiger partial charge on any atom is -0.489 e. The van der Waals surface area contributed by atoms with E-state index in [2.05, 4.69) is 0 Å². The summed E-state index contributed by atoms with van der Waals surface area (Å²) >= 11 is 18.3. The van der Waals surface area contributed by atoms with Crippen molar-refractivity contribution in [2.24, 2.45) is 0 Å². The highest BCUT2D eigenvalue weighted by Crippen LogP contribution is 2.32. The highest BCUT2D eigenvalue weighted by molar-refractivity contribution is 6.42. The van der Waals surface area contributed by atoms with E-state index in [1.807, 2.05) is 13.0 Å². The monoisotopic (exact) mass is 430 g/mol. The van der Waals surface area contributed by atoms with Gasteiger partial charge in [-0.05, 0) is 43.7 Å². The second kappa shape index (κ2) is 10.8. The summed E-state index contributed by atoms with van der Waals surface area (Å²) in [4.78, 5) is 11.8. The van der Waals surface area contributed by atoms with Crippen molar-refractivity contribution in [3.05, 3.63) is 62.6 Å². The Hall–Kier alpha value is -1.46. The Labute approximate surface area is 174 Å². The van der Waals surface area contributed by atoms with Crippen molar-refractivity contribution >= 4 is 40.8 Å². The average molecular weight is 432 g/mol. The molecule has 2 aromatic rings. The van der Waals surface area contributed by atoms with E-state index in [1.165, 1.54) is 0 Å². The molecule has 0 unspecified atom stereocenters. The molecule has 0 fully saturated rings. The van der Waals surface area contributed by atoms with Gasteiger partial charge < -0.3 is 14.2 Å². The second-order valence-corrected chi connectivity index (χ2v) is 6.90. The molecule has 0 N–H and O–H groups in total. The van der Waals surface area contributed by atoms with Crippen LogP contribution in [0.4, 0.5) is 0 Å². The zero-order valence-electron chi connectivity index (χ0n) is 15.1. The molecule has 2 aromatic carbocycles. The van der Waals surface area contributed by atoms with Crippen molar-refractivity contribution in [3.8, 4) is 5.75 Å². The number of hydrogen-bond acceptors (Lipinski definition) is 4. The predicted molar refractivity (Wildman–Crippen MR) is 108 cm³/mol. The van der Waals surface area contributed by atoms with Crippen LogP contribution in [0, 0.1) is 0 Å². The zero-order valence-corrected chi connectivity index (χ0v) is 17.4. The number of carbonyl (C=O) groups is 1. The van der Waals surface area contributed by atoms with Crippen LogP contribution < -0.4 is 4.74 Å². The van der Waals surface area contributed by atoms with Gasteiger partial charge in [0.1, 0.15) is 12.4 Å². The number of carbonyl (C=O) groups excluding carboxylic acids is 1. The van der Waals surface area contributed by atoms with Gasteiger partial charge in [0.2, 0.25) is 0 Å². The lowest BCUT2D eigenvalue weighted by molar-refractivity contribution is -0.146. The normalized spacial score (nSPS) is 11.9. The molecule has 0 spiro atoms. The van der Waals surface area contributed by atoms with E-state index in [1.54, 1.807) is 37.3 Å². The fraction of sp³-hybridized carbons (Fsp3) is 0.350. The molecule has 2 rings (SSSR count). The fourth-order valence-electron chi connectivity index (χ4n) is 2.49. The SMILES string of the molecule is CCOC(=O)C[C@H](OCC)c1ccc(OCc2ccc(Cl)c(Cl)c2)cc1Cl. The molecule has 4 nitrogen and oxygen atoms in total. The van der Waals surface area contributed by atoms with Crippen LogP contribution >= 0.6 is 34.8 Å². The van der Waals surface area contributed by atoms with Gasteiger partial charge in [-0.3, -0.25) is 4.79 Å². The minimum absolute atomic E-state index is 0.102. The summed E-state index contributed by atoms with van der Waals surface area (Å²) in [6.45, 7) is 4.73. The lowest BCUT2D eigenvalue weighted by atomic mass is 10.1. The molecule has 0 aliphatic rings. The molecule has 27 heavy (non-hydrogen) atoms. The van der Waals surface area contributed by atoms with Crippen LogP contribution in [0.2, 0.25) is 15.1 Å². The van der Waals surface area contributed by atoms with Crippen LogP contribution in [0.15, 0.2) is 36.4 Å². The number of esters is 1. The van der Waals surface area contributed by atoms with E-state index < -0.39 is 6.10 Å². The summed E-state index contributed by atoms with van der Waals surface area (Å²) < 4.78 is 16.4. The van der Waals surface area contributed by atoms with Gasteiger partial charge in [0, 0.05) is 12.2 Å². The molecule has 1 atom stereocenters. The van der Waals surface area contributed by atoms with Crippen LogP contribution in [0.25, 0.3) is 0 Å². The Morgan fingerprint density at radius 2 is 1.74 bits per heavy atom. The maximum absolute atomic E-state index is 11.8. The number of ether oxygens (including phenoxy) is 3. The Kier molecular flexibility index (Phi) is 8.71. The molecule has 0 aliphatic heterocycles. The van der Waals surface area contributed by atoms with Crippen LogP contribution in [-0.2, 0) is 20.9 Å². The maximum Gasteiger partial charge on any atom is 0.308 e. The summed E-state index contributed by atoms with van der Waals surface area (Å²) in [7, 11) is 0. The average Bonchev–Trinajstić information content (AvgIpc) is 2.63. The molecule has 0 radical (unpaired) electrons. The first-order chi connectivity index (χ1) is 12.9. The fourth-order valence-corrected chi connectivity index (χ4v) is 3.10. The van der Waals surface area contributed by atoms with E-state index in [0.29, 0.717) is 46.2 Å². The first kappa shape index (κ1) is 21.8. The Morgan fingerprint density at radius 3 is 2.37 bits per heavy atom. The summed E-state index contributed by atoms with van der Waals surface area (Å²) in [5.74, 6) is 0.271. The zero-order chi connectivity index (χ0) is 19.8. The molecule has 146 valence electrons. The van der Waals surface area contributed by atoms with Crippen LogP contribution in [0.5, 0.6) is 5.75 Å². The molecular formula is C20H21Cl3O4. The molecule has 0 amide bonds. The lowest BCUT2D eigenvalue weighted by Crippen LogP contribution is -2.13. The maximum atomic E-state index is 11.8. The third-order valence-corrected chi connectivity index (χ3v) is 4.80. The molecule has 0 saturated carbocycles. The summed E-state index contributed by atoms with van der Waals surface area (Å²) in [6, 6.07) is 10.6. The van der Waals surface area contributed by atoms with Crippen molar-refractivity contribution < 1.29 is 19.0 Å². The van der Waals surface area contributed by atoms with Crippen LogP contribution in [0.1, 0.15) is 37.5 Å². The number of hydrogen-bond donors (Lipinski definition) is 0. The second-order valence-electron chi connectivity index (χ2n) is 5.67. The number of halogens is 3. The van der Waals surface area contributed by atoms with Crippen molar-refractivity contribution in [1.82, 2.24) is 0 Å². The van der Waals surface area contributed by atoms with Gasteiger partial charge >= 0.3 is 5.97 Å². The van der Waals surface area contributed by atoms with Gasteiger partial charge in [-0.15, -0.1) is 0 Å². The van der Waals surface area contributed by atoms with Crippen LogP contribution in [-0.4, -0.2) is 19.2 Å². The lowest BCUT2D eigenvalue weighted by Gasteiger charge is -2.18. The van der Waals surface area contributed by atoms with E-state index in [4.69, 9.17) is 49.0 Å². The van der Waals surface area contributed by atoms with Gasteiger partial charge in [0.25, 0.3) is 0 Å². The molecule has 7 heteroatoms. The van der Waals surface area contributed by atoms with Gasteiger partial charge in [0.05, 0.1) is 34.2 Å². The van der Waals surface area contributed by atoms with Crippen molar-refractivity contribution in [1.29, 1.82) is 0 Å². The molecular weight excluding hydrogens is 411 g/mol. The summed E-state index contributed by atoms with van der Waals surface area (Å²) in [6.07, 6.45) is -0.365. The smallest absolute Gasteiger partial charge is 0.308 e. The van der Waals surface area contributed by atoms with Gasteiger partial charge in [-0.2, -0.15) is 0 Å². The van der Waals surface area contributed by atoms with Crippen molar-refractivity contribution in [3.63, 3.8) is 0 Å². The predicted octanol–water partition coefficient (Wildman–Crippen LogP) is 6.26. The Bertz CT molecular complexity index is 780. The summed E-state index contributed by atoms with van der Waals surface area (Å²) in [5, 5.41) is 1.44. The highest BCUT2D eigenvalue weighted by Gasteiger charge is 2.20. The first-order valence-corrected chi connectivity index (χ1v) is 9.71. The highest BCUT2D eigenvalue weighted by atomic mass is 35.5. The first-order valence-electron chi connectivity index (χ1n) is 8.58. The third-order valence-electron chi connectivity index (χ3n) is 3.73. The molecule has 0 heterocycles. The minimum atomic E-state index is -0.467. The van der Waals surface area contributed by atoms with E-state index in [9.17, 15) is 4.79 Å². The molecule has 0 saturated heterocycles. The molecule has 0 bridgehead atoms. The number of rotatable bonds is 9. The Balaban J connectivity index is 2.08. The van der Waals surface area contributed by atoms with E-state index >= 15 is 0 Å². The number of benzene rings is 2. The van der Waals surface area contributed by atoms with Gasteiger partial charge in [-0.1, -0.05) is 46.9 Å². The summed E-state index contributed by atoms with van der Waals surface area (Å²) in [5.41, 5.74) is 1.60. The Morgan fingerprint density at radius 1 is 0.963 bits per heavy atom. The van der Waals surface area contributed by atoms with Gasteiger partial charge in [-0.25, -0.2) is 0 Å². The van der Waals surface area contributed by atoms with Crippen molar-refractivity contribution in [2.45, 2.75) is 33.0 Å².